The van der Waals surface area contributed by atoms with Gasteiger partial charge in [-0.25, -0.2) is 0 Å². The van der Waals surface area contributed by atoms with E-state index in [4.69, 9.17) is 4.74 Å². The summed E-state index contributed by atoms with van der Waals surface area (Å²) in [7, 11) is 1.84. The highest BCUT2D eigenvalue weighted by atomic mass is 32.1. The Kier molecular flexibility index (Phi) is 3.73. The maximum Gasteiger partial charge on any atom is 0.0847 e. The first kappa shape index (κ1) is 14.6. The van der Waals surface area contributed by atoms with Crippen molar-refractivity contribution < 1.29 is 9.84 Å². The van der Waals surface area contributed by atoms with E-state index in [1.54, 1.807) is 0 Å². The molecule has 0 bridgehead atoms. The van der Waals surface area contributed by atoms with Gasteiger partial charge in [0.15, 0.2) is 0 Å². The molecule has 2 aliphatic rings. The first-order chi connectivity index (χ1) is 10.7. The number of hydrogen-bond acceptors (Lipinski definition) is 4. The lowest BCUT2D eigenvalue weighted by molar-refractivity contribution is -0.0878. The summed E-state index contributed by atoms with van der Waals surface area (Å²) in [4.78, 5) is 2.53. The van der Waals surface area contributed by atoms with E-state index in [1.165, 1.54) is 15.6 Å². The van der Waals surface area contributed by atoms with Gasteiger partial charge < -0.3 is 9.84 Å². The van der Waals surface area contributed by atoms with Crippen molar-refractivity contribution in [1.29, 1.82) is 0 Å². The Balaban J connectivity index is 1.60. The molecule has 22 heavy (non-hydrogen) atoms. The number of benzene rings is 1. The Bertz CT molecular complexity index is 670. The van der Waals surface area contributed by atoms with Crippen molar-refractivity contribution in [1.82, 2.24) is 4.90 Å². The number of nitrogens with zero attached hydrogens (tertiary/aromatic N) is 1. The van der Waals surface area contributed by atoms with Crippen LogP contribution in [0.15, 0.2) is 29.6 Å². The van der Waals surface area contributed by atoms with Crippen molar-refractivity contribution in [2.24, 2.45) is 0 Å². The number of thiophene rings is 1. The molecule has 2 heterocycles. The Hall–Kier alpha value is -0.940. The lowest BCUT2D eigenvalue weighted by atomic mass is 9.79. The summed E-state index contributed by atoms with van der Waals surface area (Å²) in [6, 6.07) is 8.98. The van der Waals surface area contributed by atoms with Crippen LogP contribution in [0, 0.1) is 0 Å². The summed E-state index contributed by atoms with van der Waals surface area (Å²) in [5.41, 5.74) is 1.37. The van der Waals surface area contributed by atoms with Crippen molar-refractivity contribution in [3.8, 4) is 0 Å². The Morgan fingerprint density at radius 3 is 3.09 bits per heavy atom. The Morgan fingerprint density at radius 1 is 1.36 bits per heavy atom. The van der Waals surface area contributed by atoms with Crippen LogP contribution in [0.1, 0.15) is 31.2 Å². The van der Waals surface area contributed by atoms with Crippen LogP contribution in [0.25, 0.3) is 10.1 Å². The van der Waals surface area contributed by atoms with Crippen LogP contribution < -0.4 is 0 Å². The molecule has 0 radical (unpaired) electrons. The maximum absolute atomic E-state index is 10.1. The standard InChI is InChI=1S/C18H23NO2S/c1-21-18-7-6-14(20)10-17(18)19(9-8-18)11-13-12-22-16-5-3-2-4-15(13)16/h2-5,12,14,17,20H,6-11H2,1H3. The number of aliphatic hydroxyl groups excluding tert-OH is 1. The normalized spacial score (nSPS) is 32.5. The van der Waals surface area contributed by atoms with Gasteiger partial charge in [-0.2, -0.15) is 0 Å². The summed E-state index contributed by atoms with van der Waals surface area (Å²) in [6.45, 7) is 2.03. The first-order valence-electron chi connectivity index (χ1n) is 8.14. The van der Waals surface area contributed by atoms with Crippen LogP contribution in [0.4, 0.5) is 0 Å². The quantitative estimate of drug-likeness (QED) is 0.942. The fourth-order valence-electron chi connectivity index (χ4n) is 4.33. The average molecular weight is 317 g/mol. The van der Waals surface area contributed by atoms with Crippen molar-refractivity contribution in [3.63, 3.8) is 0 Å². The molecule has 1 aromatic carbocycles. The number of aliphatic hydroxyl groups is 1. The monoisotopic (exact) mass is 317 g/mol. The van der Waals surface area contributed by atoms with Gasteiger partial charge in [0.1, 0.15) is 0 Å². The Morgan fingerprint density at radius 2 is 2.23 bits per heavy atom. The third-order valence-electron chi connectivity index (χ3n) is 5.61. The van der Waals surface area contributed by atoms with Gasteiger partial charge in [0.25, 0.3) is 0 Å². The SMILES string of the molecule is COC12CCC(O)CC1N(Cc1csc3ccccc13)CC2. The average Bonchev–Trinajstić information content (AvgIpc) is 3.11. The van der Waals surface area contributed by atoms with Gasteiger partial charge in [-0.15, -0.1) is 11.3 Å². The second-order valence-corrected chi connectivity index (χ2v) is 7.60. The van der Waals surface area contributed by atoms with E-state index >= 15 is 0 Å². The third-order valence-corrected chi connectivity index (χ3v) is 6.62. The molecule has 1 saturated carbocycles. The van der Waals surface area contributed by atoms with Crippen LogP contribution in [0.3, 0.4) is 0 Å². The van der Waals surface area contributed by atoms with E-state index in [2.05, 4.69) is 34.5 Å². The van der Waals surface area contributed by atoms with Gasteiger partial charge in [0.05, 0.1) is 11.7 Å². The van der Waals surface area contributed by atoms with Crippen molar-refractivity contribution in [2.75, 3.05) is 13.7 Å². The number of likely N-dealkylation sites (tertiary alicyclic amines) is 1. The van der Waals surface area contributed by atoms with E-state index in [-0.39, 0.29) is 11.7 Å². The molecule has 4 heteroatoms. The lowest BCUT2D eigenvalue weighted by Crippen LogP contribution is -2.51. The van der Waals surface area contributed by atoms with Crippen LogP contribution in [0.2, 0.25) is 0 Å². The fourth-order valence-corrected chi connectivity index (χ4v) is 5.29. The number of methoxy groups -OCH3 is 1. The summed E-state index contributed by atoms with van der Waals surface area (Å²) in [6.07, 6.45) is 3.61. The van der Waals surface area contributed by atoms with Gasteiger partial charge in [-0.3, -0.25) is 4.90 Å². The molecule has 3 atom stereocenters. The molecule has 3 nitrogen and oxygen atoms in total. The number of ether oxygens (including phenoxy) is 1. The van der Waals surface area contributed by atoms with Crippen LogP contribution >= 0.6 is 11.3 Å². The first-order valence-corrected chi connectivity index (χ1v) is 9.02. The summed E-state index contributed by atoms with van der Waals surface area (Å²) in [5.74, 6) is 0. The molecule has 0 spiro atoms. The molecule has 1 aliphatic carbocycles. The molecule has 118 valence electrons. The molecular weight excluding hydrogens is 294 g/mol. The summed E-state index contributed by atoms with van der Waals surface area (Å²) >= 11 is 1.82. The molecule has 1 saturated heterocycles. The van der Waals surface area contributed by atoms with Crippen molar-refractivity contribution >= 4 is 21.4 Å². The van der Waals surface area contributed by atoms with Crippen molar-refractivity contribution in [2.45, 2.75) is 50.0 Å². The second-order valence-electron chi connectivity index (χ2n) is 6.69. The summed E-state index contributed by atoms with van der Waals surface area (Å²) in [5, 5.41) is 13.8. The maximum atomic E-state index is 10.1. The molecule has 2 fully saturated rings. The fraction of sp³-hybridized carbons (Fsp3) is 0.556. The smallest absolute Gasteiger partial charge is 0.0847 e. The Labute approximate surface area is 135 Å². The highest BCUT2D eigenvalue weighted by molar-refractivity contribution is 7.17. The van der Waals surface area contributed by atoms with E-state index in [0.717, 1.165) is 38.8 Å². The van der Waals surface area contributed by atoms with Gasteiger partial charge in [-0.1, -0.05) is 18.2 Å². The molecule has 2 aromatic rings. The zero-order chi connectivity index (χ0) is 15.2. The molecule has 1 aliphatic heterocycles. The lowest BCUT2D eigenvalue weighted by Gasteiger charge is -2.42. The van der Waals surface area contributed by atoms with E-state index in [0.29, 0.717) is 6.04 Å². The number of rotatable bonds is 3. The minimum absolute atomic E-state index is 0.0367. The van der Waals surface area contributed by atoms with Crippen LogP contribution in [0.5, 0.6) is 0 Å². The van der Waals surface area contributed by atoms with E-state index in [9.17, 15) is 5.11 Å². The van der Waals surface area contributed by atoms with Crippen molar-refractivity contribution in [3.05, 3.63) is 35.2 Å². The predicted molar refractivity (Wildman–Crippen MR) is 90.2 cm³/mol. The molecule has 1 N–H and O–H groups in total. The van der Waals surface area contributed by atoms with Crippen LogP contribution in [-0.2, 0) is 11.3 Å². The topological polar surface area (TPSA) is 32.7 Å². The highest BCUT2D eigenvalue weighted by Crippen LogP contribution is 2.43. The zero-order valence-electron chi connectivity index (χ0n) is 13.0. The molecule has 3 unspecified atom stereocenters. The van der Waals surface area contributed by atoms with Crippen LogP contribution in [-0.4, -0.2) is 41.4 Å². The molecule has 4 rings (SSSR count). The number of hydrogen-bond donors (Lipinski definition) is 1. The predicted octanol–water partition coefficient (Wildman–Crippen LogP) is 3.41. The van der Waals surface area contributed by atoms with E-state index < -0.39 is 0 Å². The molecular formula is C18H23NO2S. The highest BCUT2D eigenvalue weighted by Gasteiger charge is 2.50. The minimum atomic E-state index is -0.173. The van der Waals surface area contributed by atoms with Gasteiger partial charge >= 0.3 is 0 Å². The zero-order valence-corrected chi connectivity index (χ0v) is 13.8. The minimum Gasteiger partial charge on any atom is -0.393 e. The van der Waals surface area contributed by atoms with Gasteiger partial charge in [0.2, 0.25) is 0 Å². The second kappa shape index (κ2) is 5.60. The largest absolute Gasteiger partial charge is 0.393 e. The summed E-state index contributed by atoms with van der Waals surface area (Å²) < 4.78 is 7.30. The van der Waals surface area contributed by atoms with Gasteiger partial charge in [-0.05, 0) is 48.1 Å². The molecule has 1 aromatic heterocycles. The molecule has 0 amide bonds. The van der Waals surface area contributed by atoms with Gasteiger partial charge in [0, 0.05) is 30.9 Å². The third kappa shape index (κ3) is 2.29. The number of fused-ring (bicyclic) bond motifs is 2. The van der Waals surface area contributed by atoms with E-state index in [1.807, 2.05) is 18.4 Å².